The maximum atomic E-state index is 11.5. The van der Waals surface area contributed by atoms with Gasteiger partial charge in [-0.2, -0.15) is 0 Å². The summed E-state index contributed by atoms with van der Waals surface area (Å²) in [6.45, 7) is 4.72. The average Bonchev–Trinajstić information content (AvgIpc) is 2.01. The molecule has 0 aromatic rings. The minimum atomic E-state index is -4.54. The third-order valence-electron chi connectivity index (χ3n) is 1.86. The molecule has 0 aromatic heterocycles. The van der Waals surface area contributed by atoms with Gasteiger partial charge in [0.15, 0.2) is 0 Å². The molecule has 0 bridgehead atoms. The Bertz CT molecular complexity index is 150. The monoisotopic (exact) mass is 214 g/mol. The largest absolute Gasteiger partial charge is 0.523 e. The molecule has 0 aliphatic rings. The molecule has 0 rings (SSSR count). The van der Waals surface area contributed by atoms with Crippen molar-refractivity contribution in [2.45, 2.75) is 26.3 Å². The van der Waals surface area contributed by atoms with Crippen LogP contribution in [0.25, 0.3) is 0 Å². The lowest BCUT2D eigenvalue weighted by molar-refractivity contribution is -0.326. The fraction of sp³-hybridized carbons (Fsp3) is 1.00. The fourth-order valence-electron chi connectivity index (χ4n) is 0.719. The molecule has 3 nitrogen and oxygen atoms in total. The van der Waals surface area contributed by atoms with Crippen LogP contribution < -0.4 is 5.32 Å². The summed E-state index contributed by atoms with van der Waals surface area (Å²) in [4.78, 5) is 2.03. The molecule has 14 heavy (non-hydrogen) atoms. The minimum absolute atomic E-state index is 0.389. The molecule has 0 atom stereocenters. The van der Waals surface area contributed by atoms with Gasteiger partial charge >= 0.3 is 6.36 Å². The molecule has 0 fully saturated rings. The quantitative estimate of drug-likeness (QED) is 0.534. The van der Waals surface area contributed by atoms with Crippen molar-refractivity contribution in [3.05, 3.63) is 0 Å². The molecule has 0 heterocycles. The Morgan fingerprint density at radius 2 is 1.93 bits per heavy atom. The van der Waals surface area contributed by atoms with Gasteiger partial charge in [0.2, 0.25) is 0 Å². The van der Waals surface area contributed by atoms with Crippen LogP contribution in [0.3, 0.4) is 0 Å². The van der Waals surface area contributed by atoms with Crippen molar-refractivity contribution < 1.29 is 17.9 Å². The predicted octanol–water partition coefficient (Wildman–Crippen LogP) is 1.41. The summed E-state index contributed by atoms with van der Waals surface area (Å²) in [5, 5.41) is 2.54. The van der Waals surface area contributed by atoms with Gasteiger partial charge in [0, 0.05) is 19.1 Å². The summed E-state index contributed by atoms with van der Waals surface area (Å²) in [5.41, 5.74) is 0. The van der Waals surface area contributed by atoms with Crippen LogP contribution in [0.4, 0.5) is 13.2 Å². The van der Waals surface area contributed by atoms with Crippen LogP contribution in [-0.4, -0.2) is 44.2 Å². The number of hydrogen-bond acceptors (Lipinski definition) is 3. The van der Waals surface area contributed by atoms with E-state index in [1.54, 1.807) is 0 Å². The Balaban J connectivity index is 3.30. The van der Waals surface area contributed by atoms with Crippen LogP contribution in [-0.2, 0) is 4.74 Å². The van der Waals surface area contributed by atoms with Gasteiger partial charge in [-0.3, -0.25) is 10.1 Å². The van der Waals surface area contributed by atoms with Crippen LogP contribution in [0.1, 0.15) is 13.8 Å². The molecule has 0 radical (unpaired) electrons. The molecule has 86 valence electrons. The summed E-state index contributed by atoms with van der Waals surface area (Å²) in [7, 11) is 1.91. The van der Waals surface area contributed by atoms with Crippen molar-refractivity contribution in [3.63, 3.8) is 0 Å². The van der Waals surface area contributed by atoms with Gasteiger partial charge in [0.25, 0.3) is 0 Å². The number of nitrogens with zero attached hydrogens (tertiary/aromatic N) is 1. The summed E-state index contributed by atoms with van der Waals surface area (Å²) in [6, 6.07) is 0.389. The smallest absolute Gasteiger partial charge is 0.303 e. The number of halogens is 3. The van der Waals surface area contributed by atoms with E-state index in [0.717, 1.165) is 0 Å². The number of alkyl halides is 3. The van der Waals surface area contributed by atoms with Crippen LogP contribution in [0.15, 0.2) is 0 Å². The zero-order chi connectivity index (χ0) is 11.2. The van der Waals surface area contributed by atoms with E-state index in [0.29, 0.717) is 19.1 Å². The summed E-state index contributed by atoms with van der Waals surface area (Å²) in [6.07, 6.45) is -4.54. The first-order chi connectivity index (χ1) is 6.33. The fourth-order valence-corrected chi connectivity index (χ4v) is 0.719. The maximum absolute atomic E-state index is 11.5. The Morgan fingerprint density at radius 3 is 2.36 bits per heavy atom. The third kappa shape index (κ3) is 8.28. The SMILES string of the molecule is CC(C)N(C)CCNCOC(F)(F)F. The van der Waals surface area contributed by atoms with E-state index in [9.17, 15) is 13.2 Å². The van der Waals surface area contributed by atoms with E-state index in [-0.39, 0.29) is 0 Å². The second-order valence-electron chi connectivity index (χ2n) is 3.31. The van der Waals surface area contributed by atoms with E-state index < -0.39 is 13.1 Å². The lowest BCUT2D eigenvalue weighted by Crippen LogP contribution is -2.35. The van der Waals surface area contributed by atoms with Crippen molar-refractivity contribution >= 4 is 0 Å². The Hall–Kier alpha value is -0.330. The van der Waals surface area contributed by atoms with Gasteiger partial charge in [0.1, 0.15) is 6.73 Å². The number of likely N-dealkylation sites (N-methyl/N-ethyl adjacent to an activating group) is 1. The van der Waals surface area contributed by atoms with Crippen LogP contribution in [0.2, 0.25) is 0 Å². The minimum Gasteiger partial charge on any atom is -0.303 e. The molecule has 0 aliphatic heterocycles. The summed E-state index contributed by atoms with van der Waals surface area (Å²) < 4.78 is 38.0. The molecule has 0 aliphatic carbocycles. The maximum Gasteiger partial charge on any atom is 0.523 e. The van der Waals surface area contributed by atoms with Crippen LogP contribution >= 0.6 is 0 Å². The zero-order valence-corrected chi connectivity index (χ0v) is 8.69. The number of ether oxygens (including phenoxy) is 1. The summed E-state index contributed by atoms with van der Waals surface area (Å²) in [5.74, 6) is 0. The molecule has 1 N–H and O–H groups in total. The molecular formula is C8H17F3N2O. The Morgan fingerprint density at radius 1 is 1.36 bits per heavy atom. The van der Waals surface area contributed by atoms with Crippen LogP contribution in [0, 0.1) is 0 Å². The van der Waals surface area contributed by atoms with Crippen molar-refractivity contribution in [1.29, 1.82) is 0 Å². The van der Waals surface area contributed by atoms with Gasteiger partial charge in [-0.25, -0.2) is 0 Å². The predicted molar refractivity (Wildman–Crippen MR) is 47.8 cm³/mol. The highest BCUT2D eigenvalue weighted by atomic mass is 19.4. The van der Waals surface area contributed by atoms with E-state index in [1.807, 2.05) is 25.8 Å². The normalized spacial score (nSPS) is 12.9. The highest BCUT2D eigenvalue weighted by Crippen LogP contribution is 2.14. The van der Waals surface area contributed by atoms with Crippen LogP contribution in [0.5, 0.6) is 0 Å². The van der Waals surface area contributed by atoms with E-state index >= 15 is 0 Å². The standard InChI is InChI=1S/C8H17F3N2O/c1-7(2)13(3)5-4-12-6-14-8(9,10)11/h7,12H,4-6H2,1-3H3. The Labute approximate surface area is 82.2 Å². The lowest BCUT2D eigenvalue weighted by Gasteiger charge is -2.20. The first-order valence-electron chi connectivity index (χ1n) is 4.44. The number of hydrogen-bond donors (Lipinski definition) is 1. The van der Waals surface area contributed by atoms with Gasteiger partial charge in [-0.1, -0.05) is 0 Å². The molecule has 0 saturated heterocycles. The van der Waals surface area contributed by atoms with E-state index in [1.165, 1.54) is 0 Å². The molecule has 6 heteroatoms. The summed E-state index contributed by atoms with van der Waals surface area (Å²) >= 11 is 0. The van der Waals surface area contributed by atoms with Gasteiger partial charge < -0.3 is 4.90 Å². The van der Waals surface area contributed by atoms with Crippen molar-refractivity contribution in [1.82, 2.24) is 10.2 Å². The molecule has 0 spiro atoms. The number of rotatable bonds is 6. The first kappa shape index (κ1) is 13.7. The first-order valence-corrected chi connectivity index (χ1v) is 4.44. The second-order valence-corrected chi connectivity index (χ2v) is 3.31. The van der Waals surface area contributed by atoms with Gasteiger partial charge in [0.05, 0.1) is 0 Å². The highest BCUT2D eigenvalue weighted by Gasteiger charge is 2.28. The molecule has 0 aromatic carbocycles. The lowest BCUT2D eigenvalue weighted by atomic mass is 10.3. The Kier molecular flexibility index (Phi) is 6.06. The van der Waals surface area contributed by atoms with Crippen molar-refractivity contribution in [2.24, 2.45) is 0 Å². The van der Waals surface area contributed by atoms with E-state index in [2.05, 4.69) is 10.1 Å². The van der Waals surface area contributed by atoms with E-state index in [4.69, 9.17) is 0 Å². The number of nitrogens with one attached hydrogen (secondary N) is 1. The van der Waals surface area contributed by atoms with Gasteiger partial charge in [-0.15, -0.1) is 13.2 Å². The second kappa shape index (κ2) is 6.21. The molecule has 0 unspecified atom stereocenters. The topological polar surface area (TPSA) is 24.5 Å². The molecule has 0 saturated carbocycles. The molecular weight excluding hydrogens is 197 g/mol. The van der Waals surface area contributed by atoms with Crippen molar-refractivity contribution in [2.75, 3.05) is 26.9 Å². The van der Waals surface area contributed by atoms with Crippen molar-refractivity contribution in [3.8, 4) is 0 Å². The average molecular weight is 214 g/mol. The van der Waals surface area contributed by atoms with Gasteiger partial charge in [-0.05, 0) is 20.9 Å². The zero-order valence-electron chi connectivity index (χ0n) is 8.69. The highest BCUT2D eigenvalue weighted by molar-refractivity contribution is 4.57. The third-order valence-corrected chi connectivity index (χ3v) is 1.86. The molecule has 0 amide bonds.